The van der Waals surface area contributed by atoms with Crippen LogP contribution in [0.3, 0.4) is 0 Å². The van der Waals surface area contributed by atoms with Crippen molar-refractivity contribution in [2.75, 3.05) is 6.26 Å². The van der Waals surface area contributed by atoms with E-state index in [9.17, 15) is 0 Å². The Hall–Kier alpha value is -1.69. The lowest BCUT2D eigenvalue weighted by molar-refractivity contribution is 0.482. The molecule has 0 saturated carbocycles. The van der Waals surface area contributed by atoms with Crippen LogP contribution in [-0.2, 0) is 6.42 Å². The fourth-order valence-electron chi connectivity index (χ4n) is 2.77. The average Bonchev–Trinajstić information content (AvgIpc) is 2.60. The topological polar surface area (TPSA) is 34.0 Å². The standard InChI is InChI=1S/C18H13ClN2OS2/c1-24-13-5-2-10(3-6-13)16-20-17-14(18(23)21-16)9-11-8-12(19)4-7-15(11)22-17/h2-8,14H,9H2,1H3. The Bertz CT molecular complexity index is 890. The van der Waals surface area contributed by atoms with Crippen molar-refractivity contribution in [1.29, 1.82) is 0 Å². The maximum absolute atomic E-state index is 6.07. The quantitative estimate of drug-likeness (QED) is 0.561. The number of fused-ring (bicyclic) bond motifs is 2. The molecule has 2 aliphatic heterocycles. The summed E-state index contributed by atoms with van der Waals surface area (Å²) >= 11 is 13.3. The van der Waals surface area contributed by atoms with Gasteiger partial charge in [-0.25, -0.2) is 4.99 Å². The molecule has 2 aromatic rings. The van der Waals surface area contributed by atoms with Gasteiger partial charge in [0.25, 0.3) is 0 Å². The average molecular weight is 373 g/mol. The van der Waals surface area contributed by atoms with Gasteiger partial charge in [-0.2, -0.15) is 4.99 Å². The monoisotopic (exact) mass is 372 g/mol. The largest absolute Gasteiger partial charge is 0.442 e. The van der Waals surface area contributed by atoms with Gasteiger partial charge in [-0.05, 0) is 48.6 Å². The van der Waals surface area contributed by atoms with Crippen LogP contribution in [0.5, 0.6) is 5.75 Å². The van der Waals surface area contributed by atoms with Crippen molar-refractivity contribution in [1.82, 2.24) is 0 Å². The second kappa shape index (κ2) is 6.31. The molecule has 0 aliphatic carbocycles. The first-order chi connectivity index (χ1) is 11.6. The summed E-state index contributed by atoms with van der Waals surface area (Å²) < 4.78 is 5.98. The Kier molecular flexibility index (Phi) is 4.16. The molecule has 0 amide bonds. The maximum atomic E-state index is 6.07. The van der Waals surface area contributed by atoms with Gasteiger partial charge in [0, 0.05) is 15.5 Å². The first kappa shape index (κ1) is 15.8. The van der Waals surface area contributed by atoms with E-state index >= 15 is 0 Å². The van der Waals surface area contributed by atoms with E-state index in [2.05, 4.69) is 22.1 Å². The lowest BCUT2D eigenvalue weighted by Crippen LogP contribution is -2.36. The molecule has 6 heteroatoms. The number of amidine groups is 1. The summed E-state index contributed by atoms with van der Waals surface area (Å²) in [6, 6.07) is 13.7. The molecular weight excluding hydrogens is 360 g/mol. The van der Waals surface area contributed by atoms with Gasteiger partial charge in [-0.3, -0.25) is 0 Å². The van der Waals surface area contributed by atoms with Crippen molar-refractivity contribution >= 4 is 52.3 Å². The van der Waals surface area contributed by atoms with Gasteiger partial charge in [0.1, 0.15) is 10.7 Å². The molecule has 0 fully saturated rings. The lowest BCUT2D eigenvalue weighted by atomic mass is 9.94. The number of aliphatic imine (C=N–C) groups is 2. The normalized spacial score (nSPS) is 18.9. The summed E-state index contributed by atoms with van der Waals surface area (Å²) in [4.78, 5) is 11.0. The Labute approximate surface area is 154 Å². The molecule has 4 rings (SSSR count). The fraction of sp³-hybridized carbons (Fsp3) is 0.167. The minimum atomic E-state index is -0.0970. The van der Waals surface area contributed by atoms with E-state index in [-0.39, 0.29) is 5.92 Å². The van der Waals surface area contributed by atoms with Crippen LogP contribution >= 0.6 is 35.6 Å². The van der Waals surface area contributed by atoms with Crippen molar-refractivity contribution in [3.05, 3.63) is 58.6 Å². The number of thiocarbonyl (C=S) groups is 1. The van der Waals surface area contributed by atoms with Gasteiger partial charge in [0.2, 0.25) is 5.90 Å². The summed E-state index contributed by atoms with van der Waals surface area (Å²) in [6.45, 7) is 0. The van der Waals surface area contributed by atoms with Gasteiger partial charge in [0.15, 0.2) is 5.84 Å². The molecule has 120 valence electrons. The molecule has 0 N–H and O–H groups in total. The molecular formula is C18H13ClN2OS2. The number of benzene rings is 2. The van der Waals surface area contributed by atoms with E-state index in [1.807, 2.05) is 36.6 Å². The van der Waals surface area contributed by atoms with Crippen molar-refractivity contribution in [2.45, 2.75) is 11.3 Å². The number of ether oxygens (including phenoxy) is 1. The van der Waals surface area contributed by atoms with Crippen LogP contribution in [0, 0.1) is 5.92 Å². The number of thioether (sulfide) groups is 1. The Morgan fingerprint density at radius 2 is 1.96 bits per heavy atom. The zero-order valence-electron chi connectivity index (χ0n) is 12.8. The number of halogens is 1. The van der Waals surface area contributed by atoms with Gasteiger partial charge in [0.05, 0.1) is 5.92 Å². The Balaban J connectivity index is 1.69. The maximum Gasteiger partial charge on any atom is 0.207 e. The van der Waals surface area contributed by atoms with Crippen molar-refractivity contribution < 1.29 is 4.74 Å². The second-order valence-corrected chi connectivity index (χ2v) is 7.30. The third-order valence-corrected chi connectivity index (χ3v) is 5.39. The van der Waals surface area contributed by atoms with E-state index in [1.165, 1.54) is 4.90 Å². The van der Waals surface area contributed by atoms with E-state index < -0.39 is 0 Å². The Morgan fingerprint density at radius 3 is 2.71 bits per heavy atom. The highest BCUT2D eigenvalue weighted by atomic mass is 35.5. The van der Waals surface area contributed by atoms with Crippen LogP contribution < -0.4 is 4.74 Å². The molecule has 0 aromatic heterocycles. The molecule has 3 nitrogen and oxygen atoms in total. The highest BCUT2D eigenvalue weighted by Crippen LogP contribution is 2.33. The molecule has 24 heavy (non-hydrogen) atoms. The first-order valence-electron chi connectivity index (χ1n) is 7.46. The molecule has 0 bridgehead atoms. The third-order valence-electron chi connectivity index (χ3n) is 4.04. The minimum Gasteiger partial charge on any atom is -0.442 e. The predicted octanol–water partition coefficient (Wildman–Crippen LogP) is 4.80. The minimum absolute atomic E-state index is 0.0970. The van der Waals surface area contributed by atoms with Crippen LogP contribution in [-0.4, -0.2) is 23.0 Å². The van der Waals surface area contributed by atoms with Crippen LogP contribution in [0.15, 0.2) is 57.3 Å². The number of hydrogen-bond acceptors (Lipinski definition) is 4. The van der Waals surface area contributed by atoms with Gasteiger partial charge >= 0.3 is 0 Å². The lowest BCUT2D eigenvalue weighted by Gasteiger charge is -2.28. The van der Waals surface area contributed by atoms with E-state index in [1.54, 1.807) is 11.8 Å². The van der Waals surface area contributed by atoms with Crippen molar-refractivity contribution in [3.63, 3.8) is 0 Å². The fourth-order valence-corrected chi connectivity index (χ4v) is 3.65. The molecule has 0 saturated heterocycles. The second-order valence-electron chi connectivity index (χ2n) is 5.56. The number of rotatable bonds is 2. The summed E-state index contributed by atoms with van der Waals surface area (Å²) in [5, 5.41) is 0.692. The summed E-state index contributed by atoms with van der Waals surface area (Å²) in [6.07, 6.45) is 2.77. The summed E-state index contributed by atoms with van der Waals surface area (Å²) in [5.74, 6) is 1.92. The van der Waals surface area contributed by atoms with Gasteiger partial charge in [-0.1, -0.05) is 36.0 Å². The molecule has 1 unspecified atom stereocenters. The van der Waals surface area contributed by atoms with Crippen LogP contribution in [0.2, 0.25) is 5.02 Å². The molecule has 2 heterocycles. The van der Waals surface area contributed by atoms with Gasteiger partial charge in [-0.15, -0.1) is 11.8 Å². The summed E-state index contributed by atoms with van der Waals surface area (Å²) in [7, 11) is 0. The van der Waals surface area contributed by atoms with Crippen LogP contribution in [0.4, 0.5) is 0 Å². The van der Waals surface area contributed by atoms with Crippen molar-refractivity contribution in [2.24, 2.45) is 15.9 Å². The number of nitrogens with zero attached hydrogens (tertiary/aromatic N) is 2. The number of hydrogen-bond donors (Lipinski definition) is 0. The highest BCUT2D eigenvalue weighted by Gasteiger charge is 2.33. The smallest absolute Gasteiger partial charge is 0.207 e. The zero-order chi connectivity index (χ0) is 16.7. The molecule has 1 atom stereocenters. The van der Waals surface area contributed by atoms with E-state index in [4.69, 9.17) is 28.6 Å². The molecule has 0 spiro atoms. The predicted molar refractivity (Wildman–Crippen MR) is 104 cm³/mol. The van der Waals surface area contributed by atoms with E-state index in [0.717, 1.165) is 23.3 Å². The molecule has 2 aromatic carbocycles. The third kappa shape index (κ3) is 2.88. The Morgan fingerprint density at radius 1 is 1.17 bits per heavy atom. The van der Waals surface area contributed by atoms with Crippen molar-refractivity contribution in [3.8, 4) is 5.75 Å². The van der Waals surface area contributed by atoms with Crippen LogP contribution in [0.1, 0.15) is 11.1 Å². The highest BCUT2D eigenvalue weighted by molar-refractivity contribution is 7.98. The van der Waals surface area contributed by atoms with Gasteiger partial charge < -0.3 is 4.74 Å². The molecule has 2 aliphatic rings. The summed E-state index contributed by atoms with van der Waals surface area (Å²) in [5.41, 5.74) is 1.98. The van der Waals surface area contributed by atoms with E-state index in [0.29, 0.717) is 21.7 Å². The first-order valence-corrected chi connectivity index (χ1v) is 9.47. The zero-order valence-corrected chi connectivity index (χ0v) is 15.2. The molecule has 0 radical (unpaired) electrons. The van der Waals surface area contributed by atoms with Crippen LogP contribution in [0.25, 0.3) is 0 Å². The SMILES string of the molecule is CSc1ccc(C2=NC(=S)C3Cc4cc(Cl)ccc4OC3=N2)cc1.